The third-order valence-corrected chi connectivity index (χ3v) is 6.09. The molecular formula is C24H22N6O4S. The molecule has 0 spiro atoms. The van der Waals surface area contributed by atoms with Crippen LogP contribution >= 0.6 is 11.8 Å². The van der Waals surface area contributed by atoms with Gasteiger partial charge in [0.05, 0.1) is 5.52 Å². The summed E-state index contributed by atoms with van der Waals surface area (Å²) in [7, 11) is 0. The molecule has 0 radical (unpaired) electrons. The summed E-state index contributed by atoms with van der Waals surface area (Å²) < 4.78 is 9.00. The molecule has 0 saturated heterocycles. The van der Waals surface area contributed by atoms with Gasteiger partial charge in [0.1, 0.15) is 11.1 Å². The number of fused-ring (bicyclic) bond motifs is 4. The van der Waals surface area contributed by atoms with Gasteiger partial charge in [-0.3, -0.25) is 4.79 Å². The number of hydrogen-bond donors (Lipinski definition) is 1. The van der Waals surface area contributed by atoms with Crippen molar-refractivity contribution < 1.29 is 14.6 Å². The van der Waals surface area contributed by atoms with E-state index in [-0.39, 0.29) is 16.6 Å². The highest BCUT2D eigenvalue weighted by Gasteiger charge is 2.33. The summed E-state index contributed by atoms with van der Waals surface area (Å²) in [5.74, 6) is -0.193. The number of pyridine rings is 1. The molecule has 1 atom stereocenters. The second kappa shape index (κ2) is 8.35. The molecule has 1 unspecified atom stereocenters. The van der Waals surface area contributed by atoms with E-state index in [2.05, 4.69) is 15.0 Å². The molecule has 0 bridgehead atoms. The molecule has 5 rings (SSSR count). The van der Waals surface area contributed by atoms with Crippen molar-refractivity contribution in [2.45, 2.75) is 32.0 Å². The van der Waals surface area contributed by atoms with Crippen molar-refractivity contribution in [2.24, 2.45) is 5.41 Å². The van der Waals surface area contributed by atoms with Crippen molar-refractivity contribution in [3.05, 3.63) is 59.1 Å². The number of thioether (sulfide) groups is 1. The Balaban J connectivity index is 1.84. The van der Waals surface area contributed by atoms with Crippen LogP contribution in [-0.2, 0) is 4.79 Å². The number of carbonyl (C=O) groups is 1. The smallest absolute Gasteiger partial charge is 0.345 e. The SMILES string of the molecule is CSc1ncc2c(=O)n3c(nc2n1)c1cc(OC(C(=O)O)C(C)(C)C)ccc1n3-c1ccccn1. The third-order valence-electron chi connectivity index (χ3n) is 5.53. The van der Waals surface area contributed by atoms with Gasteiger partial charge >= 0.3 is 5.97 Å². The first-order valence-corrected chi connectivity index (χ1v) is 12.0. The van der Waals surface area contributed by atoms with Crippen LogP contribution in [0.3, 0.4) is 0 Å². The lowest BCUT2D eigenvalue weighted by molar-refractivity contribution is -0.150. The topological polar surface area (TPSA) is 125 Å². The molecule has 0 amide bonds. The zero-order valence-corrected chi connectivity index (χ0v) is 20.3. The second-order valence-corrected chi connectivity index (χ2v) is 9.80. The number of carboxylic acid groups (broad SMARTS) is 1. The first kappa shape index (κ1) is 22.8. The summed E-state index contributed by atoms with van der Waals surface area (Å²) >= 11 is 1.35. The summed E-state index contributed by atoms with van der Waals surface area (Å²) in [6.45, 7) is 5.40. The van der Waals surface area contributed by atoms with Crippen LogP contribution in [0.2, 0.25) is 0 Å². The fourth-order valence-corrected chi connectivity index (χ4v) is 4.24. The van der Waals surface area contributed by atoms with Gasteiger partial charge in [-0.2, -0.15) is 4.52 Å². The Bertz CT molecular complexity index is 1660. The second-order valence-electron chi connectivity index (χ2n) is 9.03. The Kier molecular flexibility index (Phi) is 5.43. The molecule has 178 valence electrons. The van der Waals surface area contributed by atoms with Gasteiger partial charge in [-0.25, -0.2) is 29.4 Å². The lowest BCUT2D eigenvalue weighted by atomic mass is 9.89. The predicted molar refractivity (Wildman–Crippen MR) is 132 cm³/mol. The van der Waals surface area contributed by atoms with Crippen LogP contribution < -0.4 is 10.3 Å². The summed E-state index contributed by atoms with van der Waals surface area (Å²) in [5.41, 5.74) is 0.289. The molecule has 0 aliphatic carbocycles. The van der Waals surface area contributed by atoms with Crippen LogP contribution in [-0.4, -0.2) is 52.6 Å². The van der Waals surface area contributed by atoms with Crippen LogP contribution in [0.25, 0.3) is 33.4 Å². The van der Waals surface area contributed by atoms with Gasteiger partial charge in [-0.05, 0) is 36.6 Å². The summed E-state index contributed by atoms with van der Waals surface area (Å²) in [5, 5.41) is 11.1. The number of aromatic nitrogens is 6. The van der Waals surface area contributed by atoms with E-state index >= 15 is 0 Å². The summed E-state index contributed by atoms with van der Waals surface area (Å²) in [4.78, 5) is 43.2. The van der Waals surface area contributed by atoms with E-state index in [0.29, 0.717) is 33.3 Å². The zero-order chi connectivity index (χ0) is 24.9. The van der Waals surface area contributed by atoms with Gasteiger partial charge in [-0.1, -0.05) is 38.6 Å². The molecule has 1 aromatic carbocycles. The van der Waals surface area contributed by atoms with Gasteiger partial charge in [0.25, 0.3) is 5.56 Å². The van der Waals surface area contributed by atoms with E-state index in [9.17, 15) is 14.7 Å². The maximum Gasteiger partial charge on any atom is 0.345 e. The maximum absolute atomic E-state index is 13.6. The molecule has 0 aliphatic heterocycles. The Hall–Kier alpha value is -3.99. The average molecular weight is 491 g/mol. The summed E-state index contributed by atoms with van der Waals surface area (Å²) in [6, 6.07) is 10.5. The number of benzene rings is 1. The average Bonchev–Trinajstić information content (AvgIpc) is 3.15. The fraction of sp³-hybridized carbons (Fsp3) is 0.250. The zero-order valence-electron chi connectivity index (χ0n) is 19.5. The quantitative estimate of drug-likeness (QED) is 0.291. The number of carboxylic acids is 1. The normalized spacial score (nSPS) is 12.9. The molecule has 10 nitrogen and oxygen atoms in total. The fourth-order valence-electron chi connectivity index (χ4n) is 3.91. The standard InChI is InChI=1S/C24H22N6O4S/c1-24(2,3)18(22(32)33)34-13-8-9-16-14(11-13)20-27-19-15(12-26-23(28-19)35-4)21(31)30(20)29(16)17-7-5-6-10-25-17/h5-12,18H,1-4H3,(H,32,33). The van der Waals surface area contributed by atoms with Crippen molar-refractivity contribution in [3.63, 3.8) is 0 Å². The van der Waals surface area contributed by atoms with Crippen LogP contribution in [0.15, 0.2) is 58.7 Å². The minimum absolute atomic E-state index is 0.274. The van der Waals surface area contributed by atoms with Crippen LogP contribution in [0.4, 0.5) is 0 Å². The Labute approximate surface area is 203 Å². The Morgan fingerprint density at radius 3 is 2.57 bits per heavy atom. The first-order chi connectivity index (χ1) is 16.7. The largest absolute Gasteiger partial charge is 0.478 e. The number of aliphatic carboxylic acids is 1. The molecule has 1 N–H and O–H groups in total. The van der Waals surface area contributed by atoms with E-state index in [4.69, 9.17) is 9.72 Å². The van der Waals surface area contributed by atoms with Crippen molar-refractivity contribution in [1.29, 1.82) is 0 Å². The van der Waals surface area contributed by atoms with Crippen molar-refractivity contribution in [2.75, 3.05) is 6.26 Å². The molecule has 5 aromatic rings. The van der Waals surface area contributed by atoms with Crippen LogP contribution in [0.1, 0.15) is 20.8 Å². The molecular weight excluding hydrogens is 468 g/mol. The first-order valence-electron chi connectivity index (χ1n) is 10.8. The molecule has 4 heterocycles. The van der Waals surface area contributed by atoms with E-state index in [0.717, 1.165) is 0 Å². The maximum atomic E-state index is 13.6. The predicted octanol–water partition coefficient (Wildman–Crippen LogP) is 3.58. The molecule has 0 saturated carbocycles. The molecule has 0 aliphatic rings. The highest BCUT2D eigenvalue weighted by atomic mass is 32.2. The Morgan fingerprint density at radius 1 is 1.11 bits per heavy atom. The number of nitrogens with zero attached hydrogens (tertiary/aromatic N) is 6. The number of rotatable bonds is 5. The van der Waals surface area contributed by atoms with E-state index in [1.165, 1.54) is 22.5 Å². The summed E-state index contributed by atoms with van der Waals surface area (Å²) in [6.07, 6.45) is 3.89. The van der Waals surface area contributed by atoms with Gasteiger partial charge in [0, 0.05) is 23.2 Å². The van der Waals surface area contributed by atoms with Crippen molar-refractivity contribution in [3.8, 4) is 11.6 Å². The van der Waals surface area contributed by atoms with Crippen molar-refractivity contribution >= 4 is 45.3 Å². The molecule has 35 heavy (non-hydrogen) atoms. The third kappa shape index (κ3) is 3.87. The van der Waals surface area contributed by atoms with Crippen LogP contribution in [0.5, 0.6) is 5.75 Å². The Morgan fingerprint density at radius 2 is 1.91 bits per heavy atom. The van der Waals surface area contributed by atoms with Crippen molar-refractivity contribution in [1.82, 2.24) is 29.1 Å². The molecule has 11 heteroatoms. The van der Waals surface area contributed by atoms with Gasteiger partial charge in [0.2, 0.25) is 0 Å². The number of hydrogen-bond acceptors (Lipinski definition) is 8. The minimum atomic E-state index is -1.07. The van der Waals surface area contributed by atoms with Gasteiger partial charge < -0.3 is 9.84 Å². The van der Waals surface area contributed by atoms with Gasteiger partial charge in [0.15, 0.2) is 28.4 Å². The highest BCUT2D eigenvalue weighted by molar-refractivity contribution is 7.98. The lowest BCUT2D eigenvalue weighted by Gasteiger charge is -2.27. The highest BCUT2D eigenvalue weighted by Crippen LogP contribution is 2.31. The van der Waals surface area contributed by atoms with Gasteiger partial charge in [-0.15, -0.1) is 0 Å². The van der Waals surface area contributed by atoms with E-state index in [1.807, 2.05) is 12.3 Å². The minimum Gasteiger partial charge on any atom is -0.478 e. The van der Waals surface area contributed by atoms with Crippen LogP contribution in [0, 0.1) is 5.41 Å². The number of ether oxygens (including phenoxy) is 1. The van der Waals surface area contributed by atoms with E-state index in [1.54, 1.807) is 62.0 Å². The molecule has 0 fully saturated rings. The monoisotopic (exact) mass is 490 g/mol. The molecule has 4 aromatic heterocycles. The van der Waals surface area contributed by atoms with E-state index < -0.39 is 17.5 Å². The lowest BCUT2D eigenvalue weighted by Crippen LogP contribution is -2.39.